The zero-order chi connectivity index (χ0) is 15.1. The molecule has 0 unspecified atom stereocenters. The summed E-state index contributed by atoms with van der Waals surface area (Å²) >= 11 is 0. The van der Waals surface area contributed by atoms with Crippen molar-refractivity contribution in [1.82, 2.24) is 0 Å². The van der Waals surface area contributed by atoms with Crippen LogP contribution in [0.4, 0.5) is 0 Å². The van der Waals surface area contributed by atoms with E-state index in [0.29, 0.717) is 11.5 Å². The molecule has 2 rings (SSSR count). The monoisotopic (exact) mass is 306 g/mol. The van der Waals surface area contributed by atoms with E-state index in [0.717, 1.165) is 0 Å². The van der Waals surface area contributed by atoms with Gasteiger partial charge in [-0.2, -0.15) is 4.57 Å². The smallest absolute Gasteiger partial charge is 0.386 e. The van der Waals surface area contributed by atoms with Crippen LogP contribution in [0.2, 0.25) is 0 Å². The Balaban J connectivity index is 2.21. The molecule has 2 aromatic carbocycles. The third-order valence-electron chi connectivity index (χ3n) is 2.42. The van der Waals surface area contributed by atoms with Crippen molar-refractivity contribution in [3.63, 3.8) is 0 Å². The molecule has 0 aliphatic heterocycles. The van der Waals surface area contributed by atoms with Gasteiger partial charge in [0.2, 0.25) is 0 Å². The summed E-state index contributed by atoms with van der Waals surface area (Å²) in [4.78, 5) is 11.5. The van der Waals surface area contributed by atoms with Crippen molar-refractivity contribution >= 4 is 13.8 Å². The second-order valence-corrected chi connectivity index (χ2v) is 5.51. The van der Waals surface area contributed by atoms with E-state index < -0.39 is 13.8 Å². The molecule has 0 N–H and O–H groups in total. The molecule has 0 fully saturated rings. The fraction of sp³-hybridized carbons (Fsp3) is 0.133. The van der Waals surface area contributed by atoms with E-state index in [2.05, 4.69) is 0 Å². The molecule has 0 aliphatic rings. The summed E-state index contributed by atoms with van der Waals surface area (Å²) in [7, 11) is -4.09. The van der Waals surface area contributed by atoms with Crippen LogP contribution in [0.5, 0.6) is 11.5 Å². The maximum Gasteiger partial charge on any atom is 0.649 e. The first kappa shape index (κ1) is 15.1. The Morgan fingerprint density at radius 2 is 1.33 bits per heavy atom. The summed E-state index contributed by atoms with van der Waals surface area (Å²) in [6.45, 7) is 1.59. The van der Waals surface area contributed by atoms with Crippen molar-refractivity contribution in [3.8, 4) is 11.5 Å². The van der Waals surface area contributed by atoms with Gasteiger partial charge in [0.25, 0.3) is 0 Å². The number of hydrogen-bond donors (Lipinski definition) is 0. The van der Waals surface area contributed by atoms with E-state index in [-0.39, 0.29) is 6.42 Å². The molecule has 0 saturated carbocycles. The van der Waals surface area contributed by atoms with E-state index in [1.54, 1.807) is 67.6 Å². The Kier molecular flexibility index (Phi) is 5.01. The van der Waals surface area contributed by atoms with Crippen molar-refractivity contribution in [2.75, 3.05) is 0 Å². The maximum atomic E-state index is 12.6. The normalized spacial score (nSPS) is 10.7. The predicted octanol–water partition coefficient (Wildman–Crippen LogP) is 4.21. The van der Waals surface area contributed by atoms with E-state index in [9.17, 15) is 9.36 Å². The van der Waals surface area contributed by atoms with Gasteiger partial charge in [0.1, 0.15) is 11.5 Å². The highest BCUT2D eigenvalue weighted by Gasteiger charge is 2.34. The molecule has 5 nitrogen and oxygen atoms in total. The summed E-state index contributed by atoms with van der Waals surface area (Å²) in [6.07, 6.45) is 0.0697. The fourth-order valence-electron chi connectivity index (χ4n) is 1.47. The molecule has 0 saturated heterocycles. The van der Waals surface area contributed by atoms with Crippen LogP contribution in [-0.4, -0.2) is 5.97 Å². The third-order valence-corrected chi connectivity index (χ3v) is 3.72. The quantitative estimate of drug-likeness (QED) is 0.748. The summed E-state index contributed by atoms with van der Waals surface area (Å²) in [5.41, 5.74) is 0. The van der Waals surface area contributed by atoms with Gasteiger partial charge in [-0.05, 0) is 24.3 Å². The molecule has 2 aromatic rings. The van der Waals surface area contributed by atoms with E-state index in [1.165, 1.54) is 0 Å². The standard InChI is InChI=1S/C15H15O5P/c1-2-15(16)20-21(17,18-13-9-5-3-6-10-13)19-14-11-7-4-8-12-14/h3-12H,2H2,1H3. The number of rotatable bonds is 6. The van der Waals surface area contributed by atoms with Gasteiger partial charge in [0.05, 0.1) is 0 Å². The lowest BCUT2D eigenvalue weighted by Crippen LogP contribution is -2.09. The summed E-state index contributed by atoms with van der Waals surface area (Å²) in [6, 6.07) is 16.8. The zero-order valence-electron chi connectivity index (χ0n) is 11.5. The average Bonchev–Trinajstić information content (AvgIpc) is 2.48. The molecule has 6 heteroatoms. The molecule has 0 aromatic heterocycles. The van der Waals surface area contributed by atoms with Crippen LogP contribution in [0.25, 0.3) is 0 Å². The topological polar surface area (TPSA) is 61.8 Å². The van der Waals surface area contributed by atoms with Crippen LogP contribution in [-0.2, 0) is 13.9 Å². The van der Waals surface area contributed by atoms with Crippen molar-refractivity contribution in [3.05, 3.63) is 60.7 Å². The van der Waals surface area contributed by atoms with Gasteiger partial charge in [-0.1, -0.05) is 43.3 Å². The zero-order valence-corrected chi connectivity index (χ0v) is 12.4. The number of carbonyl (C=O) groups is 1. The molecule has 0 aliphatic carbocycles. The molecule has 0 bridgehead atoms. The first-order valence-electron chi connectivity index (χ1n) is 6.43. The van der Waals surface area contributed by atoms with Gasteiger partial charge in [0, 0.05) is 6.42 Å². The molecule has 0 atom stereocenters. The van der Waals surface area contributed by atoms with E-state index >= 15 is 0 Å². The highest BCUT2D eigenvalue weighted by molar-refractivity contribution is 7.50. The number of para-hydroxylation sites is 2. The molecule has 110 valence electrons. The third kappa shape index (κ3) is 4.65. The minimum atomic E-state index is -4.09. The molecule has 0 radical (unpaired) electrons. The van der Waals surface area contributed by atoms with Crippen LogP contribution >= 0.6 is 7.82 Å². The van der Waals surface area contributed by atoms with Crippen LogP contribution in [0.1, 0.15) is 13.3 Å². The van der Waals surface area contributed by atoms with Gasteiger partial charge in [-0.3, -0.25) is 4.79 Å². The number of carbonyl (C=O) groups excluding carboxylic acids is 1. The SMILES string of the molecule is CCC(=O)OP(=O)(Oc1ccccc1)Oc1ccccc1. The molecule has 21 heavy (non-hydrogen) atoms. The summed E-state index contributed by atoms with van der Waals surface area (Å²) in [5.74, 6) is -0.0773. The summed E-state index contributed by atoms with van der Waals surface area (Å²) < 4.78 is 28.0. The number of benzene rings is 2. The number of phosphoric acid groups is 1. The molecular weight excluding hydrogens is 291 g/mol. The molecule has 0 amide bonds. The molecule has 0 heterocycles. The lowest BCUT2D eigenvalue weighted by Gasteiger charge is -2.18. The van der Waals surface area contributed by atoms with Crippen molar-refractivity contribution < 1.29 is 22.9 Å². The summed E-state index contributed by atoms with van der Waals surface area (Å²) in [5, 5.41) is 0. The number of hydrogen-bond acceptors (Lipinski definition) is 5. The van der Waals surface area contributed by atoms with Crippen molar-refractivity contribution in [2.45, 2.75) is 13.3 Å². The van der Waals surface area contributed by atoms with Gasteiger partial charge < -0.3 is 13.6 Å². The minimum absolute atomic E-state index is 0.0697. The Bertz CT molecular complexity index is 582. The lowest BCUT2D eigenvalue weighted by atomic mass is 10.3. The first-order chi connectivity index (χ1) is 10.1. The Morgan fingerprint density at radius 3 is 1.71 bits per heavy atom. The van der Waals surface area contributed by atoms with Crippen LogP contribution < -0.4 is 9.05 Å². The predicted molar refractivity (Wildman–Crippen MR) is 78.1 cm³/mol. The minimum Gasteiger partial charge on any atom is -0.386 e. The van der Waals surface area contributed by atoms with Gasteiger partial charge >= 0.3 is 13.8 Å². The highest BCUT2D eigenvalue weighted by atomic mass is 31.2. The van der Waals surface area contributed by atoms with E-state index in [1.807, 2.05) is 0 Å². The van der Waals surface area contributed by atoms with Gasteiger partial charge in [0.15, 0.2) is 0 Å². The van der Waals surface area contributed by atoms with Crippen LogP contribution in [0.3, 0.4) is 0 Å². The van der Waals surface area contributed by atoms with Gasteiger partial charge in [-0.25, -0.2) is 0 Å². The van der Waals surface area contributed by atoms with E-state index in [4.69, 9.17) is 13.6 Å². The average molecular weight is 306 g/mol. The van der Waals surface area contributed by atoms with Crippen molar-refractivity contribution in [2.24, 2.45) is 0 Å². The molecular formula is C15H15O5P. The molecule has 0 spiro atoms. The highest BCUT2D eigenvalue weighted by Crippen LogP contribution is 2.49. The van der Waals surface area contributed by atoms with Crippen molar-refractivity contribution in [1.29, 1.82) is 0 Å². The van der Waals surface area contributed by atoms with Gasteiger partial charge in [-0.15, -0.1) is 0 Å². The Hall–Kier alpha value is -2.26. The van der Waals surface area contributed by atoms with Crippen LogP contribution in [0.15, 0.2) is 60.7 Å². The number of phosphoric ester groups is 1. The second-order valence-electron chi connectivity index (χ2n) is 4.07. The van der Waals surface area contributed by atoms with Crippen LogP contribution in [0, 0.1) is 0 Å². The second kappa shape index (κ2) is 6.95. The fourth-order valence-corrected chi connectivity index (χ4v) is 2.72. The first-order valence-corrected chi connectivity index (χ1v) is 7.89. The largest absolute Gasteiger partial charge is 0.649 e. The maximum absolute atomic E-state index is 12.6. The Morgan fingerprint density at radius 1 is 0.905 bits per heavy atom. The lowest BCUT2D eigenvalue weighted by molar-refractivity contribution is -0.135. The Labute approximate surface area is 123 Å².